The van der Waals surface area contributed by atoms with Crippen molar-refractivity contribution in [2.45, 2.75) is 58.6 Å². The van der Waals surface area contributed by atoms with Crippen molar-refractivity contribution in [3.8, 4) is 0 Å². The van der Waals surface area contributed by atoms with Crippen LogP contribution in [-0.2, 0) is 9.53 Å². The van der Waals surface area contributed by atoms with Crippen LogP contribution in [-0.4, -0.2) is 46.2 Å². The van der Waals surface area contributed by atoms with Crippen LogP contribution in [0, 0.1) is 23.7 Å². The quantitative estimate of drug-likeness (QED) is 0.801. The van der Waals surface area contributed by atoms with Gasteiger partial charge < -0.3 is 9.84 Å². The van der Waals surface area contributed by atoms with Gasteiger partial charge >= 0.3 is 6.09 Å². The summed E-state index contributed by atoms with van der Waals surface area (Å²) in [6.07, 6.45) is -1.39. The number of likely N-dealkylation sites (tertiary alicyclic amines) is 1. The van der Waals surface area contributed by atoms with E-state index in [0.29, 0.717) is 0 Å². The first-order chi connectivity index (χ1) is 10.4. The second kappa shape index (κ2) is 5.69. The number of fused-ring (bicyclic) bond motifs is 1. The Balaban J connectivity index is 2.32. The summed E-state index contributed by atoms with van der Waals surface area (Å²) in [6.45, 7) is 7.65. The predicted octanol–water partition coefficient (Wildman–Crippen LogP) is 2.67. The van der Waals surface area contributed by atoms with Crippen LogP contribution in [0.1, 0.15) is 41.0 Å². The third-order valence-electron chi connectivity index (χ3n) is 5.08. The first-order valence-corrected chi connectivity index (χ1v) is 7.95. The zero-order valence-corrected chi connectivity index (χ0v) is 14.2. The zero-order valence-electron chi connectivity index (χ0n) is 14.2. The number of ether oxygens (including phenoxy) is 1. The van der Waals surface area contributed by atoms with Crippen molar-refractivity contribution in [1.82, 2.24) is 4.90 Å². The first-order valence-electron chi connectivity index (χ1n) is 7.95. The minimum absolute atomic E-state index is 0.433. The third-order valence-corrected chi connectivity index (χ3v) is 5.08. The van der Waals surface area contributed by atoms with Crippen molar-refractivity contribution in [2.75, 3.05) is 6.61 Å². The largest absolute Gasteiger partial charge is 0.443 e. The maximum atomic E-state index is 14.2. The standard InChI is InChI=1S/C16H25F2NO4/c1-8-11(7-20)12-9(2)19(14(22)23-15(3,4)5)13(21)10(12)6-16(8,17)18/h8-12,20H,6-7H2,1-5H3/t8-,9+,10+,11-,12?/m0/s1. The summed E-state index contributed by atoms with van der Waals surface area (Å²) in [5, 5.41) is 9.58. The smallest absolute Gasteiger partial charge is 0.417 e. The van der Waals surface area contributed by atoms with Gasteiger partial charge in [-0.05, 0) is 39.5 Å². The van der Waals surface area contributed by atoms with Crippen molar-refractivity contribution in [3.63, 3.8) is 0 Å². The number of hydrogen-bond acceptors (Lipinski definition) is 4. The molecule has 1 saturated carbocycles. The molecule has 1 saturated heterocycles. The molecule has 0 aromatic rings. The average molecular weight is 333 g/mol. The van der Waals surface area contributed by atoms with E-state index in [1.807, 2.05) is 0 Å². The van der Waals surface area contributed by atoms with Gasteiger partial charge in [-0.25, -0.2) is 18.5 Å². The van der Waals surface area contributed by atoms with Crippen molar-refractivity contribution in [3.05, 3.63) is 0 Å². The fraction of sp³-hybridized carbons (Fsp3) is 0.875. The fourth-order valence-corrected chi connectivity index (χ4v) is 3.90. The van der Waals surface area contributed by atoms with Crippen LogP contribution in [0.2, 0.25) is 0 Å². The number of aliphatic hydroxyl groups is 1. The molecule has 2 rings (SSSR count). The van der Waals surface area contributed by atoms with Crippen LogP contribution in [0.5, 0.6) is 0 Å². The van der Waals surface area contributed by atoms with Crippen molar-refractivity contribution >= 4 is 12.0 Å². The van der Waals surface area contributed by atoms with Gasteiger partial charge in [0.05, 0.1) is 0 Å². The highest BCUT2D eigenvalue weighted by molar-refractivity contribution is 5.96. The molecule has 0 radical (unpaired) electrons. The van der Waals surface area contributed by atoms with E-state index >= 15 is 0 Å². The Morgan fingerprint density at radius 2 is 1.96 bits per heavy atom. The summed E-state index contributed by atoms with van der Waals surface area (Å²) in [5.41, 5.74) is -0.779. The van der Waals surface area contributed by atoms with Crippen molar-refractivity contribution < 1.29 is 28.2 Å². The van der Waals surface area contributed by atoms with Crippen LogP contribution in [0.4, 0.5) is 13.6 Å². The molecule has 1 N–H and O–H groups in total. The molecule has 1 heterocycles. The third kappa shape index (κ3) is 3.07. The Bertz CT molecular complexity index is 503. The lowest BCUT2D eigenvalue weighted by atomic mass is 9.65. The van der Waals surface area contributed by atoms with E-state index in [-0.39, 0.29) is 0 Å². The molecule has 0 bridgehead atoms. The van der Waals surface area contributed by atoms with Gasteiger partial charge in [0.1, 0.15) is 5.60 Å². The molecule has 5 atom stereocenters. The lowest BCUT2D eigenvalue weighted by Crippen LogP contribution is -2.49. The maximum Gasteiger partial charge on any atom is 0.417 e. The number of nitrogens with zero attached hydrogens (tertiary/aromatic N) is 1. The lowest BCUT2D eigenvalue weighted by molar-refractivity contribution is -0.155. The summed E-state index contributed by atoms with van der Waals surface area (Å²) < 4.78 is 33.6. The Morgan fingerprint density at radius 3 is 2.43 bits per heavy atom. The summed E-state index contributed by atoms with van der Waals surface area (Å²) in [6, 6.07) is -0.571. The van der Waals surface area contributed by atoms with Crippen LogP contribution in [0.25, 0.3) is 0 Å². The molecule has 1 aliphatic carbocycles. The second-order valence-electron chi connectivity index (χ2n) is 7.71. The molecule has 23 heavy (non-hydrogen) atoms. The second-order valence-corrected chi connectivity index (χ2v) is 7.71. The van der Waals surface area contributed by atoms with E-state index in [4.69, 9.17) is 4.74 Å². The van der Waals surface area contributed by atoms with Gasteiger partial charge in [0, 0.05) is 30.9 Å². The SMILES string of the molecule is C[C@@H]1C2[C@@H](CO)[C@H](C)C(F)(F)C[C@H]2C(=O)N1C(=O)OC(C)(C)C. The molecule has 2 aliphatic rings. The van der Waals surface area contributed by atoms with E-state index < -0.39 is 66.3 Å². The highest BCUT2D eigenvalue weighted by atomic mass is 19.3. The Hall–Kier alpha value is -1.24. The molecular formula is C16H25F2NO4. The van der Waals surface area contributed by atoms with Crippen LogP contribution in [0.15, 0.2) is 0 Å². The van der Waals surface area contributed by atoms with E-state index in [2.05, 4.69) is 0 Å². The molecule has 0 spiro atoms. The number of imide groups is 1. The maximum absolute atomic E-state index is 14.2. The Kier molecular flexibility index (Phi) is 4.47. The Labute approximate surface area is 135 Å². The predicted molar refractivity (Wildman–Crippen MR) is 78.8 cm³/mol. The van der Waals surface area contributed by atoms with Gasteiger partial charge in [0.25, 0.3) is 5.92 Å². The normalized spacial score (nSPS) is 36.8. The van der Waals surface area contributed by atoms with E-state index in [1.165, 1.54) is 6.92 Å². The number of carbonyl (C=O) groups is 2. The van der Waals surface area contributed by atoms with E-state index in [1.54, 1.807) is 27.7 Å². The molecule has 0 aromatic heterocycles. The van der Waals surface area contributed by atoms with Crippen molar-refractivity contribution in [1.29, 1.82) is 0 Å². The van der Waals surface area contributed by atoms with Gasteiger partial charge in [0.2, 0.25) is 5.91 Å². The minimum Gasteiger partial charge on any atom is -0.443 e. The van der Waals surface area contributed by atoms with Gasteiger partial charge in [-0.2, -0.15) is 0 Å². The molecule has 7 heteroatoms. The summed E-state index contributed by atoms with van der Waals surface area (Å²) in [7, 11) is 0. The molecule has 5 nitrogen and oxygen atoms in total. The topological polar surface area (TPSA) is 66.8 Å². The van der Waals surface area contributed by atoms with Crippen LogP contribution in [0.3, 0.4) is 0 Å². The van der Waals surface area contributed by atoms with Crippen LogP contribution >= 0.6 is 0 Å². The highest BCUT2D eigenvalue weighted by Crippen LogP contribution is 2.52. The molecule has 132 valence electrons. The molecule has 1 unspecified atom stereocenters. The number of amides is 2. The van der Waals surface area contributed by atoms with E-state index in [9.17, 15) is 23.5 Å². The number of carbonyl (C=O) groups excluding carboxylic acids is 2. The lowest BCUT2D eigenvalue weighted by Gasteiger charge is -2.42. The summed E-state index contributed by atoms with van der Waals surface area (Å²) in [4.78, 5) is 25.8. The van der Waals surface area contributed by atoms with Crippen LogP contribution < -0.4 is 0 Å². The minimum atomic E-state index is -3.03. The van der Waals surface area contributed by atoms with Crippen molar-refractivity contribution in [2.24, 2.45) is 23.7 Å². The number of halogens is 2. The van der Waals surface area contributed by atoms with E-state index in [0.717, 1.165) is 4.90 Å². The van der Waals surface area contributed by atoms with Gasteiger partial charge in [-0.1, -0.05) is 6.92 Å². The van der Waals surface area contributed by atoms with Gasteiger partial charge in [-0.3, -0.25) is 4.79 Å². The van der Waals surface area contributed by atoms with Gasteiger partial charge in [0.15, 0.2) is 0 Å². The molecule has 2 amide bonds. The summed E-state index contributed by atoms with van der Waals surface area (Å²) in [5.74, 6) is -6.86. The first kappa shape index (κ1) is 18.1. The molecular weight excluding hydrogens is 308 g/mol. The fourth-order valence-electron chi connectivity index (χ4n) is 3.90. The highest BCUT2D eigenvalue weighted by Gasteiger charge is 2.62. The molecule has 2 fully saturated rings. The Morgan fingerprint density at radius 1 is 1.39 bits per heavy atom. The van der Waals surface area contributed by atoms with Gasteiger partial charge in [-0.15, -0.1) is 0 Å². The number of aliphatic hydroxyl groups excluding tert-OH is 1. The molecule has 1 aliphatic heterocycles. The number of rotatable bonds is 1. The molecule has 0 aromatic carbocycles. The average Bonchev–Trinajstić information content (AvgIpc) is 2.61. The zero-order chi connectivity index (χ0) is 17.7. The monoisotopic (exact) mass is 333 g/mol. The number of hydrogen-bond donors (Lipinski definition) is 1. The number of alkyl halides is 2. The summed E-state index contributed by atoms with van der Waals surface area (Å²) >= 11 is 0.